The predicted molar refractivity (Wildman–Crippen MR) is 92.3 cm³/mol. The van der Waals surface area contributed by atoms with Gasteiger partial charge in [-0.25, -0.2) is 4.79 Å². The summed E-state index contributed by atoms with van der Waals surface area (Å²) in [6.07, 6.45) is 2.12. The number of hydrogen-bond acceptors (Lipinski definition) is 4. The number of carbonyl (C=O) groups excluding carboxylic acids is 2. The van der Waals surface area contributed by atoms with Gasteiger partial charge in [0.15, 0.2) is 0 Å². The lowest BCUT2D eigenvalue weighted by atomic mass is 9.83. The van der Waals surface area contributed by atoms with Gasteiger partial charge in [0.2, 0.25) is 0 Å². The molecule has 1 aliphatic heterocycles. The summed E-state index contributed by atoms with van der Waals surface area (Å²) in [4.78, 5) is 25.6. The Kier molecular flexibility index (Phi) is 5.86. The van der Waals surface area contributed by atoms with E-state index in [0.717, 1.165) is 24.0 Å². The van der Waals surface area contributed by atoms with Gasteiger partial charge in [0.05, 0.1) is 7.11 Å². The van der Waals surface area contributed by atoms with E-state index < -0.39 is 5.60 Å². The zero-order valence-corrected chi connectivity index (χ0v) is 15.0. The highest BCUT2D eigenvalue weighted by molar-refractivity contribution is 5.68. The van der Waals surface area contributed by atoms with Crippen LogP contribution in [0.4, 0.5) is 4.79 Å². The van der Waals surface area contributed by atoms with E-state index in [9.17, 15) is 9.59 Å². The number of ether oxygens (including phenoxy) is 2. The lowest BCUT2D eigenvalue weighted by Crippen LogP contribution is -2.37. The molecule has 2 unspecified atom stereocenters. The van der Waals surface area contributed by atoms with E-state index in [0.29, 0.717) is 19.5 Å². The molecule has 0 bridgehead atoms. The van der Waals surface area contributed by atoms with Crippen molar-refractivity contribution in [3.63, 3.8) is 0 Å². The Labute approximate surface area is 143 Å². The second-order valence-electron chi connectivity index (χ2n) is 7.22. The van der Waals surface area contributed by atoms with E-state index >= 15 is 0 Å². The molecule has 1 heterocycles. The Hall–Kier alpha value is -2.04. The number of rotatable bonds is 3. The van der Waals surface area contributed by atoms with Crippen molar-refractivity contribution in [1.82, 2.24) is 4.90 Å². The second-order valence-corrected chi connectivity index (χ2v) is 7.22. The Balaban J connectivity index is 2.10. The third-order valence-electron chi connectivity index (χ3n) is 4.33. The van der Waals surface area contributed by atoms with Crippen LogP contribution in [0.25, 0.3) is 0 Å². The Bertz CT molecular complexity index is 562. The van der Waals surface area contributed by atoms with Gasteiger partial charge in [-0.1, -0.05) is 12.1 Å². The van der Waals surface area contributed by atoms with Crippen LogP contribution in [0.1, 0.15) is 45.1 Å². The molecule has 0 spiro atoms. The third kappa shape index (κ3) is 4.73. The molecule has 0 aliphatic carbocycles. The first-order valence-corrected chi connectivity index (χ1v) is 8.41. The molecule has 1 aromatic rings. The van der Waals surface area contributed by atoms with Crippen LogP contribution in [0.15, 0.2) is 24.3 Å². The first-order chi connectivity index (χ1) is 11.3. The van der Waals surface area contributed by atoms with Gasteiger partial charge in [-0.15, -0.1) is 0 Å². The van der Waals surface area contributed by atoms with Gasteiger partial charge in [-0.2, -0.15) is 0 Å². The number of methoxy groups -OCH3 is 1. The number of benzene rings is 1. The highest BCUT2D eigenvalue weighted by Crippen LogP contribution is 2.33. The standard InChI is InChI=1S/C19H27NO4/c1-19(2,3)24-18(22)20-11-9-15(13-21)17(10-12-20)14-5-7-16(23-4)8-6-14/h5-8,13,15,17H,9-12H2,1-4H3. The lowest BCUT2D eigenvalue weighted by Gasteiger charge is -2.26. The van der Waals surface area contributed by atoms with Gasteiger partial charge in [0.25, 0.3) is 0 Å². The average molecular weight is 333 g/mol. The van der Waals surface area contributed by atoms with Crippen molar-refractivity contribution in [1.29, 1.82) is 0 Å². The Morgan fingerprint density at radius 2 is 1.79 bits per heavy atom. The largest absolute Gasteiger partial charge is 0.497 e. The number of amides is 1. The number of hydrogen-bond donors (Lipinski definition) is 0. The van der Waals surface area contributed by atoms with E-state index in [1.54, 1.807) is 12.0 Å². The first kappa shape index (κ1) is 18.3. The molecule has 132 valence electrons. The number of carbonyl (C=O) groups is 2. The molecule has 2 rings (SSSR count). The molecule has 5 nitrogen and oxygen atoms in total. The van der Waals surface area contributed by atoms with Crippen molar-refractivity contribution in [3.8, 4) is 5.75 Å². The van der Waals surface area contributed by atoms with E-state index in [2.05, 4.69) is 0 Å². The van der Waals surface area contributed by atoms with Gasteiger partial charge in [0.1, 0.15) is 17.6 Å². The SMILES string of the molecule is COc1ccc(C2CCN(C(=O)OC(C)(C)C)CCC2C=O)cc1. The highest BCUT2D eigenvalue weighted by atomic mass is 16.6. The average Bonchev–Trinajstić information content (AvgIpc) is 2.75. The lowest BCUT2D eigenvalue weighted by molar-refractivity contribution is -0.111. The minimum absolute atomic E-state index is 0.0918. The van der Waals surface area contributed by atoms with Crippen molar-refractivity contribution >= 4 is 12.4 Å². The molecule has 0 radical (unpaired) electrons. The van der Waals surface area contributed by atoms with E-state index in [4.69, 9.17) is 9.47 Å². The first-order valence-electron chi connectivity index (χ1n) is 8.41. The van der Waals surface area contributed by atoms with E-state index in [-0.39, 0.29) is 17.9 Å². The van der Waals surface area contributed by atoms with Crippen LogP contribution < -0.4 is 4.74 Å². The summed E-state index contributed by atoms with van der Waals surface area (Å²) in [5.41, 5.74) is 0.599. The second kappa shape index (κ2) is 7.69. The maximum absolute atomic E-state index is 12.3. The van der Waals surface area contributed by atoms with E-state index in [1.807, 2.05) is 45.0 Å². The number of nitrogens with zero attached hydrogens (tertiary/aromatic N) is 1. The number of aldehydes is 1. The molecule has 24 heavy (non-hydrogen) atoms. The van der Waals surface area contributed by atoms with Crippen LogP contribution in [0.3, 0.4) is 0 Å². The van der Waals surface area contributed by atoms with Crippen LogP contribution in [0.2, 0.25) is 0 Å². The normalized spacial score (nSPS) is 21.8. The van der Waals surface area contributed by atoms with Crippen molar-refractivity contribution in [2.75, 3.05) is 20.2 Å². The molecule has 1 amide bonds. The topological polar surface area (TPSA) is 55.8 Å². The van der Waals surface area contributed by atoms with Crippen LogP contribution in [0, 0.1) is 5.92 Å². The van der Waals surface area contributed by atoms with Crippen LogP contribution >= 0.6 is 0 Å². The van der Waals surface area contributed by atoms with Crippen LogP contribution in [-0.2, 0) is 9.53 Å². The molecule has 2 atom stereocenters. The minimum Gasteiger partial charge on any atom is -0.497 e. The van der Waals surface area contributed by atoms with Crippen molar-refractivity contribution < 1.29 is 19.1 Å². The zero-order chi connectivity index (χ0) is 17.7. The molecule has 1 fully saturated rings. The Morgan fingerprint density at radius 3 is 2.33 bits per heavy atom. The fourth-order valence-corrected chi connectivity index (χ4v) is 3.06. The fraction of sp³-hybridized carbons (Fsp3) is 0.579. The van der Waals surface area contributed by atoms with Crippen molar-refractivity contribution in [2.24, 2.45) is 5.92 Å². The maximum Gasteiger partial charge on any atom is 0.410 e. The molecule has 0 saturated carbocycles. The molecule has 0 N–H and O–H groups in total. The summed E-state index contributed by atoms with van der Waals surface area (Å²) in [5, 5.41) is 0. The molecule has 1 aliphatic rings. The van der Waals surface area contributed by atoms with Gasteiger partial charge in [-0.05, 0) is 57.2 Å². The summed E-state index contributed by atoms with van der Waals surface area (Å²) >= 11 is 0. The van der Waals surface area contributed by atoms with Crippen molar-refractivity contribution in [2.45, 2.75) is 45.1 Å². The highest BCUT2D eigenvalue weighted by Gasteiger charge is 2.31. The van der Waals surface area contributed by atoms with Gasteiger partial charge in [-0.3, -0.25) is 0 Å². The van der Waals surface area contributed by atoms with Gasteiger partial charge >= 0.3 is 6.09 Å². The fourth-order valence-electron chi connectivity index (χ4n) is 3.06. The third-order valence-corrected chi connectivity index (χ3v) is 4.33. The summed E-state index contributed by atoms with van der Waals surface area (Å²) in [6, 6.07) is 7.83. The monoisotopic (exact) mass is 333 g/mol. The summed E-state index contributed by atoms with van der Waals surface area (Å²) in [5.74, 6) is 0.817. The zero-order valence-electron chi connectivity index (χ0n) is 15.0. The van der Waals surface area contributed by atoms with Crippen molar-refractivity contribution in [3.05, 3.63) is 29.8 Å². The summed E-state index contributed by atoms with van der Waals surface area (Å²) < 4.78 is 10.6. The predicted octanol–water partition coefficient (Wildman–Crippen LogP) is 3.62. The molecule has 1 aromatic carbocycles. The summed E-state index contributed by atoms with van der Waals surface area (Å²) in [7, 11) is 1.63. The quantitative estimate of drug-likeness (QED) is 0.793. The van der Waals surface area contributed by atoms with Crippen LogP contribution in [-0.4, -0.2) is 43.1 Å². The van der Waals surface area contributed by atoms with Gasteiger partial charge < -0.3 is 19.2 Å². The molecular formula is C19H27NO4. The number of likely N-dealkylation sites (tertiary alicyclic amines) is 1. The van der Waals surface area contributed by atoms with E-state index in [1.165, 1.54) is 0 Å². The Morgan fingerprint density at radius 1 is 1.17 bits per heavy atom. The summed E-state index contributed by atoms with van der Waals surface area (Å²) in [6.45, 7) is 6.71. The molecule has 0 aromatic heterocycles. The minimum atomic E-state index is -0.511. The maximum atomic E-state index is 12.3. The molecular weight excluding hydrogens is 306 g/mol. The van der Waals surface area contributed by atoms with Crippen LogP contribution in [0.5, 0.6) is 5.75 Å². The van der Waals surface area contributed by atoms with Gasteiger partial charge in [0, 0.05) is 19.0 Å². The smallest absolute Gasteiger partial charge is 0.410 e. The molecule has 5 heteroatoms. The molecule has 1 saturated heterocycles.